The lowest BCUT2D eigenvalue weighted by Crippen LogP contribution is -2.33. The summed E-state index contributed by atoms with van der Waals surface area (Å²) in [5.74, 6) is 0.483. The fraction of sp³-hybridized carbons (Fsp3) is 0.353. The Morgan fingerprint density at radius 3 is 2.74 bits per heavy atom. The summed E-state index contributed by atoms with van der Waals surface area (Å²) in [5.41, 5.74) is 2.44. The average molecular weight is 375 g/mol. The van der Waals surface area contributed by atoms with E-state index in [0.29, 0.717) is 11.5 Å². The van der Waals surface area contributed by atoms with Gasteiger partial charge in [0.1, 0.15) is 17.8 Å². The van der Waals surface area contributed by atoms with E-state index in [9.17, 15) is 4.79 Å². The Morgan fingerprint density at radius 1 is 1.22 bits per heavy atom. The number of nitrogens with zero attached hydrogens (tertiary/aromatic N) is 2. The van der Waals surface area contributed by atoms with Gasteiger partial charge >= 0.3 is 0 Å². The van der Waals surface area contributed by atoms with Crippen LogP contribution < -0.4 is 10.6 Å². The molecule has 0 saturated heterocycles. The number of hydrogen-bond acceptors (Lipinski definition) is 4. The number of rotatable bonds is 4. The van der Waals surface area contributed by atoms with E-state index in [-0.39, 0.29) is 11.9 Å². The van der Waals surface area contributed by atoms with Crippen LogP contribution in [0.15, 0.2) is 35.1 Å². The molecule has 0 spiro atoms. The number of benzene rings is 1. The minimum Gasteiger partial charge on any atom is -0.348 e. The van der Waals surface area contributed by atoms with Gasteiger partial charge in [-0.2, -0.15) is 0 Å². The van der Waals surface area contributed by atoms with Gasteiger partial charge in [0.15, 0.2) is 0 Å². The van der Waals surface area contributed by atoms with E-state index < -0.39 is 0 Å². The minimum absolute atomic E-state index is 0.130. The van der Waals surface area contributed by atoms with Crippen molar-refractivity contribution in [1.82, 2.24) is 15.3 Å². The summed E-state index contributed by atoms with van der Waals surface area (Å²) >= 11 is 3.45. The molecule has 23 heavy (non-hydrogen) atoms. The molecule has 6 heteroatoms. The smallest absolute Gasteiger partial charge is 0.270 e. The van der Waals surface area contributed by atoms with Gasteiger partial charge in [0, 0.05) is 22.3 Å². The number of hydrogen-bond donors (Lipinski definition) is 2. The van der Waals surface area contributed by atoms with Crippen molar-refractivity contribution in [2.45, 2.75) is 38.6 Å². The lowest BCUT2D eigenvalue weighted by atomic mass is 10.2. The number of amides is 1. The number of anilines is 2. The zero-order valence-corrected chi connectivity index (χ0v) is 14.6. The standard InChI is InChI=1S/C17H19BrN4O/c1-11-8-12(18)6-7-14(11)22-16-9-15(19-10-20-16)17(23)21-13-4-2-3-5-13/h6-10,13H,2-5H2,1H3,(H,21,23)(H,19,20,22). The molecule has 1 aromatic heterocycles. The molecule has 1 aromatic carbocycles. The van der Waals surface area contributed by atoms with Crippen molar-refractivity contribution in [1.29, 1.82) is 0 Å². The molecule has 5 nitrogen and oxygen atoms in total. The number of carbonyl (C=O) groups excluding carboxylic acids is 1. The molecule has 3 rings (SSSR count). The number of halogens is 1. The van der Waals surface area contributed by atoms with Crippen molar-refractivity contribution in [3.05, 3.63) is 46.3 Å². The molecule has 2 aromatic rings. The number of aryl methyl sites for hydroxylation is 1. The van der Waals surface area contributed by atoms with Crippen LogP contribution in [0.1, 0.15) is 41.7 Å². The first kappa shape index (κ1) is 15.9. The Hall–Kier alpha value is -1.95. The second-order valence-corrected chi connectivity index (χ2v) is 6.74. The van der Waals surface area contributed by atoms with Gasteiger partial charge in [0.25, 0.3) is 5.91 Å². The summed E-state index contributed by atoms with van der Waals surface area (Å²) < 4.78 is 1.03. The second kappa shape index (κ2) is 7.08. The third kappa shape index (κ3) is 4.07. The normalized spacial score (nSPS) is 14.7. The van der Waals surface area contributed by atoms with Gasteiger partial charge in [-0.15, -0.1) is 0 Å². The lowest BCUT2D eigenvalue weighted by Gasteiger charge is -2.12. The largest absolute Gasteiger partial charge is 0.348 e. The third-order valence-corrected chi connectivity index (χ3v) is 4.53. The van der Waals surface area contributed by atoms with Gasteiger partial charge in [0.05, 0.1) is 0 Å². The molecule has 1 amide bonds. The van der Waals surface area contributed by atoms with Crippen molar-refractivity contribution in [3.8, 4) is 0 Å². The van der Waals surface area contributed by atoms with Crippen LogP contribution in [0.2, 0.25) is 0 Å². The van der Waals surface area contributed by atoms with Gasteiger partial charge in [0.2, 0.25) is 0 Å². The summed E-state index contributed by atoms with van der Waals surface area (Å²) in [7, 11) is 0. The van der Waals surface area contributed by atoms with E-state index in [1.807, 2.05) is 25.1 Å². The Labute approximate surface area is 144 Å². The van der Waals surface area contributed by atoms with Gasteiger partial charge in [-0.3, -0.25) is 4.79 Å². The Kier molecular flexibility index (Phi) is 4.91. The fourth-order valence-corrected chi connectivity index (χ4v) is 3.26. The molecule has 0 atom stereocenters. The first-order valence-corrected chi connectivity index (χ1v) is 8.57. The lowest BCUT2D eigenvalue weighted by molar-refractivity contribution is 0.0932. The number of carbonyl (C=O) groups is 1. The average Bonchev–Trinajstić information content (AvgIpc) is 3.03. The maximum atomic E-state index is 12.3. The molecule has 0 aliphatic heterocycles. The molecule has 0 radical (unpaired) electrons. The molecule has 1 fully saturated rings. The van der Waals surface area contributed by atoms with Crippen molar-refractivity contribution in [3.63, 3.8) is 0 Å². The summed E-state index contributed by atoms with van der Waals surface area (Å²) in [5, 5.41) is 6.28. The van der Waals surface area contributed by atoms with E-state index in [1.165, 1.54) is 19.2 Å². The van der Waals surface area contributed by atoms with Crippen LogP contribution >= 0.6 is 15.9 Å². The van der Waals surface area contributed by atoms with E-state index in [4.69, 9.17) is 0 Å². The quantitative estimate of drug-likeness (QED) is 0.849. The van der Waals surface area contributed by atoms with E-state index in [2.05, 4.69) is 36.5 Å². The van der Waals surface area contributed by atoms with Crippen LogP contribution in [0.5, 0.6) is 0 Å². The van der Waals surface area contributed by atoms with Crippen molar-refractivity contribution < 1.29 is 4.79 Å². The van der Waals surface area contributed by atoms with Crippen LogP contribution in [0.25, 0.3) is 0 Å². The molecule has 1 heterocycles. The molecule has 1 aliphatic rings. The highest BCUT2D eigenvalue weighted by atomic mass is 79.9. The van der Waals surface area contributed by atoms with Crippen LogP contribution in [0.4, 0.5) is 11.5 Å². The topological polar surface area (TPSA) is 66.9 Å². The molecule has 0 bridgehead atoms. The fourth-order valence-electron chi connectivity index (χ4n) is 2.78. The third-order valence-electron chi connectivity index (χ3n) is 4.04. The monoisotopic (exact) mass is 374 g/mol. The Morgan fingerprint density at radius 2 is 2.00 bits per heavy atom. The highest BCUT2D eigenvalue weighted by molar-refractivity contribution is 9.10. The molecular weight excluding hydrogens is 356 g/mol. The van der Waals surface area contributed by atoms with Crippen LogP contribution in [-0.2, 0) is 0 Å². The summed E-state index contributed by atoms with van der Waals surface area (Å²) in [4.78, 5) is 20.6. The first-order chi connectivity index (χ1) is 11.1. The van der Waals surface area contributed by atoms with Crippen LogP contribution in [0, 0.1) is 6.92 Å². The predicted molar refractivity (Wildman–Crippen MR) is 93.9 cm³/mol. The molecular formula is C17H19BrN4O. The van der Waals surface area contributed by atoms with Gasteiger partial charge in [-0.1, -0.05) is 28.8 Å². The van der Waals surface area contributed by atoms with Crippen LogP contribution in [0.3, 0.4) is 0 Å². The molecule has 120 valence electrons. The van der Waals surface area contributed by atoms with Gasteiger partial charge in [-0.05, 0) is 43.5 Å². The van der Waals surface area contributed by atoms with Crippen molar-refractivity contribution in [2.75, 3.05) is 5.32 Å². The highest BCUT2D eigenvalue weighted by Gasteiger charge is 2.19. The van der Waals surface area contributed by atoms with Gasteiger partial charge < -0.3 is 10.6 Å². The summed E-state index contributed by atoms with van der Waals surface area (Å²) in [6.07, 6.45) is 5.90. The zero-order chi connectivity index (χ0) is 16.2. The van der Waals surface area contributed by atoms with Crippen LogP contribution in [-0.4, -0.2) is 21.9 Å². The summed E-state index contributed by atoms with van der Waals surface area (Å²) in [6.45, 7) is 2.02. The van der Waals surface area contributed by atoms with E-state index >= 15 is 0 Å². The summed E-state index contributed by atoms with van der Waals surface area (Å²) in [6, 6.07) is 7.93. The second-order valence-electron chi connectivity index (χ2n) is 5.83. The van der Waals surface area contributed by atoms with Gasteiger partial charge in [-0.25, -0.2) is 9.97 Å². The first-order valence-electron chi connectivity index (χ1n) is 7.78. The molecule has 1 saturated carbocycles. The maximum Gasteiger partial charge on any atom is 0.270 e. The number of aromatic nitrogens is 2. The van der Waals surface area contributed by atoms with E-state index in [1.54, 1.807) is 6.07 Å². The highest BCUT2D eigenvalue weighted by Crippen LogP contribution is 2.23. The van der Waals surface area contributed by atoms with Crippen molar-refractivity contribution >= 4 is 33.3 Å². The minimum atomic E-state index is -0.130. The molecule has 0 unspecified atom stereocenters. The van der Waals surface area contributed by atoms with Crippen molar-refractivity contribution in [2.24, 2.45) is 0 Å². The Balaban J connectivity index is 1.72. The SMILES string of the molecule is Cc1cc(Br)ccc1Nc1cc(C(=O)NC2CCCC2)ncn1. The molecule has 1 aliphatic carbocycles. The predicted octanol–water partition coefficient (Wildman–Crippen LogP) is 3.96. The maximum absolute atomic E-state index is 12.3. The zero-order valence-electron chi connectivity index (χ0n) is 13.0. The number of nitrogens with one attached hydrogen (secondary N) is 2. The molecule has 2 N–H and O–H groups in total. The Bertz CT molecular complexity index is 713. The van der Waals surface area contributed by atoms with E-state index in [0.717, 1.165) is 28.6 Å².